The Morgan fingerprint density at radius 2 is 2.10 bits per heavy atom. The second-order valence-electron chi connectivity index (χ2n) is 4.60. The van der Waals surface area contributed by atoms with E-state index in [2.05, 4.69) is 16.2 Å². The van der Waals surface area contributed by atoms with Gasteiger partial charge in [-0.2, -0.15) is 10.2 Å². The first-order valence-electron chi connectivity index (χ1n) is 6.22. The molecule has 1 aromatic heterocycles. The molecule has 6 nitrogen and oxygen atoms in total. The summed E-state index contributed by atoms with van der Waals surface area (Å²) in [6.07, 6.45) is 0.796. The zero-order valence-corrected chi connectivity index (χ0v) is 11.2. The molecule has 0 N–H and O–H groups in total. The summed E-state index contributed by atoms with van der Waals surface area (Å²) in [5, 5.41) is 12.8. The average molecular weight is 271 g/mol. The molecule has 0 bridgehead atoms. The zero-order chi connectivity index (χ0) is 14.1. The van der Waals surface area contributed by atoms with Crippen molar-refractivity contribution in [1.82, 2.24) is 10.1 Å². The predicted octanol–water partition coefficient (Wildman–Crippen LogP) is 2.38. The lowest BCUT2D eigenvalue weighted by molar-refractivity contribution is 0.355. The Morgan fingerprint density at radius 3 is 2.75 bits per heavy atom. The van der Waals surface area contributed by atoms with Gasteiger partial charge in [0.25, 0.3) is 0 Å². The Balaban J connectivity index is 1.88. The molecule has 1 aromatic carbocycles. The quantitative estimate of drug-likeness (QED) is 0.849. The van der Waals surface area contributed by atoms with Crippen molar-refractivity contribution in [2.24, 2.45) is 5.92 Å². The molecule has 20 heavy (non-hydrogen) atoms. The molecular weight excluding hydrogens is 258 g/mol. The van der Waals surface area contributed by atoms with Crippen molar-refractivity contribution in [3.8, 4) is 29.0 Å². The fourth-order valence-corrected chi connectivity index (χ4v) is 2.09. The van der Waals surface area contributed by atoms with Crippen LogP contribution in [0.25, 0.3) is 11.4 Å². The number of aromatic nitrogens is 2. The van der Waals surface area contributed by atoms with Crippen LogP contribution >= 0.6 is 0 Å². The van der Waals surface area contributed by atoms with Crippen molar-refractivity contribution in [2.75, 3.05) is 14.2 Å². The van der Waals surface area contributed by atoms with Gasteiger partial charge in [0.15, 0.2) is 11.5 Å². The first-order chi connectivity index (χ1) is 9.76. The molecule has 2 aromatic rings. The van der Waals surface area contributed by atoms with Gasteiger partial charge in [0.2, 0.25) is 11.7 Å². The van der Waals surface area contributed by atoms with Crippen LogP contribution in [0.1, 0.15) is 18.2 Å². The molecule has 3 rings (SSSR count). The summed E-state index contributed by atoms with van der Waals surface area (Å²) in [6, 6.07) is 7.63. The van der Waals surface area contributed by atoms with Gasteiger partial charge in [0, 0.05) is 5.56 Å². The van der Waals surface area contributed by atoms with Gasteiger partial charge in [0.05, 0.1) is 32.1 Å². The molecule has 102 valence electrons. The topological polar surface area (TPSA) is 81.2 Å². The number of benzene rings is 1. The number of hydrogen-bond donors (Lipinski definition) is 0. The monoisotopic (exact) mass is 271 g/mol. The summed E-state index contributed by atoms with van der Waals surface area (Å²) in [7, 11) is 3.16. The second-order valence-corrected chi connectivity index (χ2v) is 4.60. The van der Waals surface area contributed by atoms with E-state index in [4.69, 9.17) is 19.3 Å². The van der Waals surface area contributed by atoms with Crippen LogP contribution in [-0.4, -0.2) is 24.4 Å². The lowest BCUT2D eigenvalue weighted by Gasteiger charge is -2.07. The zero-order valence-electron chi connectivity index (χ0n) is 11.2. The Hall–Kier alpha value is -2.55. The lowest BCUT2D eigenvalue weighted by atomic mass is 10.2. The Kier molecular flexibility index (Phi) is 3.03. The van der Waals surface area contributed by atoms with E-state index in [1.165, 1.54) is 0 Å². The van der Waals surface area contributed by atoms with Gasteiger partial charge < -0.3 is 14.0 Å². The van der Waals surface area contributed by atoms with Crippen LogP contribution in [0.5, 0.6) is 11.5 Å². The van der Waals surface area contributed by atoms with Gasteiger partial charge >= 0.3 is 0 Å². The minimum Gasteiger partial charge on any atom is -0.493 e. The predicted molar refractivity (Wildman–Crippen MR) is 69.3 cm³/mol. The summed E-state index contributed by atoms with van der Waals surface area (Å²) < 4.78 is 15.6. The minimum absolute atomic E-state index is 0.00806. The highest BCUT2D eigenvalue weighted by atomic mass is 16.5. The minimum atomic E-state index is 0.00806. The van der Waals surface area contributed by atoms with Crippen LogP contribution in [0.15, 0.2) is 22.7 Å². The summed E-state index contributed by atoms with van der Waals surface area (Å²) >= 11 is 0. The molecule has 1 aliphatic carbocycles. The Morgan fingerprint density at radius 1 is 1.30 bits per heavy atom. The van der Waals surface area contributed by atoms with Gasteiger partial charge in [-0.05, 0) is 24.6 Å². The number of rotatable bonds is 4. The molecular formula is C14H13N3O3. The maximum Gasteiger partial charge on any atom is 0.231 e. The van der Waals surface area contributed by atoms with E-state index in [1.54, 1.807) is 26.4 Å². The second kappa shape index (κ2) is 4.85. The number of hydrogen-bond acceptors (Lipinski definition) is 6. The van der Waals surface area contributed by atoms with E-state index in [9.17, 15) is 0 Å². The molecule has 1 saturated carbocycles. The third-order valence-electron chi connectivity index (χ3n) is 3.36. The van der Waals surface area contributed by atoms with E-state index in [1.807, 2.05) is 6.07 Å². The van der Waals surface area contributed by atoms with E-state index in [0.29, 0.717) is 23.2 Å². The molecule has 2 atom stereocenters. The van der Waals surface area contributed by atoms with Gasteiger partial charge in [-0.3, -0.25) is 0 Å². The van der Waals surface area contributed by atoms with Gasteiger partial charge in [-0.25, -0.2) is 0 Å². The highest BCUT2D eigenvalue weighted by Gasteiger charge is 2.43. The third kappa shape index (κ3) is 2.07. The van der Waals surface area contributed by atoms with Gasteiger partial charge in [0.1, 0.15) is 0 Å². The summed E-state index contributed by atoms with van der Waals surface area (Å²) in [5.41, 5.74) is 0.784. The van der Waals surface area contributed by atoms with Crippen LogP contribution in [0.2, 0.25) is 0 Å². The van der Waals surface area contributed by atoms with E-state index < -0.39 is 0 Å². The molecule has 0 saturated heterocycles. The van der Waals surface area contributed by atoms with E-state index >= 15 is 0 Å². The maximum atomic E-state index is 8.82. The van der Waals surface area contributed by atoms with E-state index in [-0.39, 0.29) is 11.8 Å². The Bertz CT molecular complexity index is 675. The van der Waals surface area contributed by atoms with Crippen molar-refractivity contribution >= 4 is 0 Å². The number of nitriles is 1. The summed E-state index contributed by atoms with van der Waals surface area (Å²) in [5.74, 6) is 2.37. The van der Waals surface area contributed by atoms with Crippen molar-refractivity contribution in [3.63, 3.8) is 0 Å². The first-order valence-corrected chi connectivity index (χ1v) is 6.22. The van der Waals surface area contributed by atoms with Crippen LogP contribution in [0.4, 0.5) is 0 Å². The maximum absolute atomic E-state index is 8.82. The van der Waals surface area contributed by atoms with Crippen molar-refractivity contribution in [3.05, 3.63) is 24.1 Å². The molecule has 0 radical (unpaired) electrons. The standard InChI is InChI=1S/C14H13N3O3/c1-18-11-4-3-8(6-12(11)19-2)13-16-14(20-17-13)10-5-9(10)7-15/h3-4,6,9-10H,5H2,1-2H3. The largest absolute Gasteiger partial charge is 0.493 e. The normalized spacial score (nSPS) is 20.2. The van der Waals surface area contributed by atoms with Crippen LogP contribution in [0, 0.1) is 17.2 Å². The molecule has 1 aliphatic rings. The van der Waals surface area contributed by atoms with Crippen molar-refractivity contribution < 1.29 is 14.0 Å². The average Bonchev–Trinajstić information content (AvgIpc) is 3.13. The van der Waals surface area contributed by atoms with Crippen molar-refractivity contribution in [1.29, 1.82) is 5.26 Å². The van der Waals surface area contributed by atoms with E-state index in [0.717, 1.165) is 12.0 Å². The van der Waals surface area contributed by atoms with Gasteiger partial charge in [-0.15, -0.1) is 0 Å². The fraction of sp³-hybridized carbons (Fsp3) is 0.357. The van der Waals surface area contributed by atoms with Crippen molar-refractivity contribution in [2.45, 2.75) is 12.3 Å². The molecule has 0 aliphatic heterocycles. The molecule has 0 amide bonds. The SMILES string of the molecule is COc1ccc(-c2noc(C3CC3C#N)n2)cc1OC. The first kappa shape index (κ1) is 12.5. The van der Waals surface area contributed by atoms with Crippen LogP contribution in [0.3, 0.4) is 0 Å². The Labute approximate surface area is 115 Å². The summed E-state index contributed by atoms with van der Waals surface area (Å²) in [4.78, 5) is 4.35. The number of ether oxygens (including phenoxy) is 2. The smallest absolute Gasteiger partial charge is 0.231 e. The molecule has 0 spiro atoms. The molecule has 1 heterocycles. The lowest BCUT2D eigenvalue weighted by Crippen LogP contribution is -1.91. The van der Waals surface area contributed by atoms with Crippen LogP contribution in [-0.2, 0) is 0 Å². The van der Waals surface area contributed by atoms with Gasteiger partial charge in [-0.1, -0.05) is 5.16 Å². The third-order valence-corrected chi connectivity index (χ3v) is 3.36. The fourth-order valence-electron chi connectivity index (χ4n) is 2.09. The summed E-state index contributed by atoms with van der Waals surface area (Å²) in [6.45, 7) is 0. The highest BCUT2D eigenvalue weighted by Crippen LogP contribution is 2.46. The molecule has 2 unspecified atom stereocenters. The van der Waals surface area contributed by atoms with Crippen LogP contribution < -0.4 is 9.47 Å². The number of nitrogens with zero attached hydrogens (tertiary/aromatic N) is 3. The molecule has 6 heteroatoms. The molecule has 1 fully saturated rings. The number of methoxy groups -OCH3 is 2. The highest BCUT2D eigenvalue weighted by molar-refractivity contribution is 5.60.